The Morgan fingerprint density at radius 3 is 2.92 bits per heavy atom. The van der Waals surface area contributed by atoms with Gasteiger partial charge in [-0.05, 0) is 11.6 Å². The molecule has 1 aromatic carbocycles. The minimum absolute atomic E-state index is 0.875. The van der Waals surface area contributed by atoms with Crippen LogP contribution in [0.25, 0.3) is 0 Å². The van der Waals surface area contributed by atoms with E-state index in [2.05, 4.69) is 18.2 Å². The van der Waals surface area contributed by atoms with Crippen molar-refractivity contribution < 1.29 is 0 Å². The number of hydrazine groups is 2. The van der Waals surface area contributed by atoms with Crippen molar-refractivity contribution in [3.63, 3.8) is 0 Å². The molecule has 0 aromatic heterocycles. The second kappa shape index (κ2) is 2.62. The lowest BCUT2D eigenvalue weighted by atomic mass is 10.2. The summed E-state index contributed by atoms with van der Waals surface area (Å²) in [6.07, 6.45) is 0.875. The van der Waals surface area contributed by atoms with Crippen LogP contribution in [0.1, 0.15) is 5.56 Å². The van der Waals surface area contributed by atoms with E-state index in [-0.39, 0.29) is 0 Å². The molecule has 0 atom stereocenters. The van der Waals surface area contributed by atoms with Gasteiger partial charge in [0.2, 0.25) is 0 Å². The Balaban J connectivity index is 2.47. The van der Waals surface area contributed by atoms with E-state index in [9.17, 15) is 0 Å². The summed E-state index contributed by atoms with van der Waals surface area (Å²) in [6, 6.07) is 8.11. The molecule has 1 aliphatic rings. The highest BCUT2D eigenvalue weighted by molar-refractivity contribution is 5.63. The summed E-state index contributed by atoms with van der Waals surface area (Å²) in [5.74, 6) is 5.35. The molecule has 0 unspecified atom stereocenters. The number of anilines is 1. The number of rotatable bonds is 1. The lowest BCUT2D eigenvalue weighted by molar-refractivity contribution is 0.732. The summed E-state index contributed by atoms with van der Waals surface area (Å²) in [6.45, 7) is 3.90. The van der Waals surface area contributed by atoms with Gasteiger partial charge in [0.25, 0.3) is 0 Å². The SMILES string of the molecule is C=C1Cc2ccccc2N1NN. The number of nitrogens with two attached hydrogens (primary N) is 1. The first-order valence-corrected chi connectivity index (χ1v) is 3.85. The second-order valence-electron chi connectivity index (χ2n) is 2.84. The number of allylic oxidation sites excluding steroid dienone is 1. The zero-order chi connectivity index (χ0) is 8.55. The van der Waals surface area contributed by atoms with Crippen molar-refractivity contribution in [2.45, 2.75) is 6.42 Å². The van der Waals surface area contributed by atoms with Gasteiger partial charge in [-0.1, -0.05) is 24.8 Å². The van der Waals surface area contributed by atoms with E-state index in [1.807, 2.05) is 18.2 Å². The Labute approximate surface area is 71.4 Å². The molecule has 0 fully saturated rings. The van der Waals surface area contributed by atoms with Gasteiger partial charge in [0.05, 0.1) is 5.69 Å². The van der Waals surface area contributed by atoms with Crippen LogP contribution >= 0.6 is 0 Å². The fourth-order valence-electron chi connectivity index (χ4n) is 1.51. The van der Waals surface area contributed by atoms with Crippen LogP contribution in [-0.2, 0) is 6.42 Å². The molecule has 0 spiro atoms. The topological polar surface area (TPSA) is 41.3 Å². The van der Waals surface area contributed by atoms with Crippen molar-refractivity contribution >= 4 is 5.69 Å². The zero-order valence-electron chi connectivity index (χ0n) is 6.75. The van der Waals surface area contributed by atoms with E-state index >= 15 is 0 Å². The van der Waals surface area contributed by atoms with Crippen LogP contribution in [-0.4, -0.2) is 0 Å². The lowest BCUT2D eigenvalue weighted by Gasteiger charge is -2.17. The fourth-order valence-corrected chi connectivity index (χ4v) is 1.51. The highest BCUT2D eigenvalue weighted by Crippen LogP contribution is 2.30. The lowest BCUT2D eigenvalue weighted by Crippen LogP contribution is -2.40. The van der Waals surface area contributed by atoms with Gasteiger partial charge in [0.15, 0.2) is 0 Å². The third kappa shape index (κ3) is 0.913. The maximum atomic E-state index is 5.35. The molecule has 12 heavy (non-hydrogen) atoms. The molecular weight excluding hydrogens is 150 g/mol. The standard InChI is InChI=1S/C9H11N3/c1-7-6-8-4-2-3-5-9(8)12(7)11-10/h2-5,11H,1,6,10H2. The summed E-state index contributed by atoms with van der Waals surface area (Å²) >= 11 is 0. The molecule has 1 aromatic rings. The van der Waals surface area contributed by atoms with Crippen molar-refractivity contribution in [3.05, 3.63) is 42.1 Å². The highest BCUT2D eigenvalue weighted by atomic mass is 15.6. The highest BCUT2D eigenvalue weighted by Gasteiger charge is 2.20. The Bertz CT molecular complexity index is 319. The number of hydrogen-bond donors (Lipinski definition) is 2. The van der Waals surface area contributed by atoms with Crippen molar-refractivity contribution in [1.82, 2.24) is 5.53 Å². The van der Waals surface area contributed by atoms with Gasteiger partial charge >= 0.3 is 0 Å². The van der Waals surface area contributed by atoms with Gasteiger partial charge in [-0.15, -0.1) is 0 Å². The molecule has 0 amide bonds. The van der Waals surface area contributed by atoms with Crippen molar-refractivity contribution in [2.24, 2.45) is 5.84 Å². The molecule has 1 heterocycles. The van der Waals surface area contributed by atoms with Crippen LogP contribution in [0.2, 0.25) is 0 Å². The monoisotopic (exact) mass is 161 g/mol. The predicted octanol–water partition coefficient (Wildman–Crippen LogP) is 0.941. The van der Waals surface area contributed by atoms with Gasteiger partial charge in [-0.25, -0.2) is 0 Å². The minimum Gasteiger partial charge on any atom is -0.268 e. The molecule has 0 saturated heterocycles. The van der Waals surface area contributed by atoms with Crippen molar-refractivity contribution in [2.75, 3.05) is 5.01 Å². The Kier molecular flexibility index (Phi) is 1.60. The molecular formula is C9H11N3. The van der Waals surface area contributed by atoms with Crippen LogP contribution in [0, 0.1) is 0 Å². The molecule has 0 radical (unpaired) electrons. The van der Waals surface area contributed by atoms with Gasteiger partial charge in [0, 0.05) is 12.1 Å². The first kappa shape index (κ1) is 7.34. The Morgan fingerprint density at radius 2 is 2.17 bits per heavy atom. The summed E-state index contributed by atoms with van der Waals surface area (Å²) < 4.78 is 0. The normalized spacial score (nSPS) is 15.1. The average Bonchev–Trinajstić information content (AvgIpc) is 2.40. The van der Waals surface area contributed by atoms with E-state index in [1.54, 1.807) is 5.01 Å². The van der Waals surface area contributed by atoms with Gasteiger partial charge in [0.1, 0.15) is 0 Å². The van der Waals surface area contributed by atoms with Gasteiger partial charge in [-0.2, -0.15) is 5.53 Å². The number of benzene rings is 1. The summed E-state index contributed by atoms with van der Waals surface area (Å²) in [5.41, 5.74) is 5.95. The summed E-state index contributed by atoms with van der Waals surface area (Å²) in [4.78, 5) is 0. The van der Waals surface area contributed by atoms with Crippen LogP contribution in [0.3, 0.4) is 0 Å². The minimum atomic E-state index is 0.875. The number of nitrogens with one attached hydrogen (secondary N) is 1. The Hall–Kier alpha value is -1.32. The third-order valence-corrected chi connectivity index (χ3v) is 2.07. The molecule has 2 rings (SSSR count). The number of para-hydroxylation sites is 1. The molecule has 3 heteroatoms. The zero-order valence-corrected chi connectivity index (χ0v) is 6.75. The summed E-state index contributed by atoms with van der Waals surface area (Å²) in [7, 11) is 0. The molecule has 1 aliphatic heterocycles. The number of fused-ring (bicyclic) bond motifs is 1. The van der Waals surface area contributed by atoms with Crippen LogP contribution in [0.4, 0.5) is 5.69 Å². The third-order valence-electron chi connectivity index (χ3n) is 2.07. The smallest absolute Gasteiger partial charge is 0.0623 e. The van der Waals surface area contributed by atoms with E-state index in [0.717, 1.165) is 17.8 Å². The van der Waals surface area contributed by atoms with Gasteiger partial charge in [-0.3, -0.25) is 10.9 Å². The molecule has 3 nitrogen and oxygen atoms in total. The van der Waals surface area contributed by atoms with E-state index < -0.39 is 0 Å². The number of nitrogens with zero attached hydrogens (tertiary/aromatic N) is 1. The average molecular weight is 161 g/mol. The number of hydrogen-bond acceptors (Lipinski definition) is 3. The fraction of sp³-hybridized carbons (Fsp3) is 0.111. The maximum Gasteiger partial charge on any atom is 0.0623 e. The van der Waals surface area contributed by atoms with E-state index in [0.29, 0.717) is 0 Å². The van der Waals surface area contributed by atoms with Crippen molar-refractivity contribution in [3.8, 4) is 0 Å². The predicted molar refractivity (Wildman–Crippen MR) is 49.1 cm³/mol. The molecule has 0 bridgehead atoms. The molecule has 62 valence electrons. The van der Waals surface area contributed by atoms with E-state index in [1.165, 1.54) is 5.56 Å². The molecule has 0 saturated carbocycles. The summed E-state index contributed by atoms with van der Waals surface area (Å²) in [5, 5.41) is 1.80. The van der Waals surface area contributed by atoms with Crippen LogP contribution in [0.5, 0.6) is 0 Å². The van der Waals surface area contributed by atoms with Gasteiger partial charge < -0.3 is 0 Å². The molecule has 0 aliphatic carbocycles. The first-order chi connectivity index (χ1) is 5.83. The molecule has 3 N–H and O–H groups in total. The largest absolute Gasteiger partial charge is 0.268 e. The second-order valence-corrected chi connectivity index (χ2v) is 2.84. The van der Waals surface area contributed by atoms with Crippen LogP contribution < -0.4 is 16.4 Å². The van der Waals surface area contributed by atoms with E-state index in [4.69, 9.17) is 5.84 Å². The van der Waals surface area contributed by atoms with Crippen LogP contribution in [0.15, 0.2) is 36.5 Å². The maximum absolute atomic E-state index is 5.35. The first-order valence-electron chi connectivity index (χ1n) is 3.85. The van der Waals surface area contributed by atoms with Crippen molar-refractivity contribution in [1.29, 1.82) is 0 Å². The quantitative estimate of drug-likeness (QED) is 0.476. The Morgan fingerprint density at radius 1 is 1.42 bits per heavy atom.